The van der Waals surface area contributed by atoms with Gasteiger partial charge in [0.15, 0.2) is 5.13 Å². The Hall–Kier alpha value is -3.28. The fourth-order valence-corrected chi connectivity index (χ4v) is 7.39. The van der Waals surface area contributed by atoms with Crippen molar-refractivity contribution in [2.75, 3.05) is 49.2 Å². The number of rotatable bonds is 8. The topological polar surface area (TPSA) is 114 Å². The van der Waals surface area contributed by atoms with Crippen LogP contribution in [-0.2, 0) is 4.79 Å². The van der Waals surface area contributed by atoms with E-state index in [0.29, 0.717) is 19.0 Å². The number of aromatic nitrogens is 4. The van der Waals surface area contributed by atoms with Gasteiger partial charge in [-0.25, -0.2) is 4.98 Å². The summed E-state index contributed by atoms with van der Waals surface area (Å²) in [4.78, 5) is 27.0. The van der Waals surface area contributed by atoms with Gasteiger partial charge in [0.25, 0.3) is 0 Å². The zero-order valence-electron chi connectivity index (χ0n) is 22.8. The molecule has 40 heavy (non-hydrogen) atoms. The van der Waals surface area contributed by atoms with E-state index in [4.69, 9.17) is 5.41 Å². The number of nitrogens with zero attached hydrogens (tertiary/aromatic N) is 5. The first kappa shape index (κ1) is 26.9. The summed E-state index contributed by atoms with van der Waals surface area (Å²) in [6, 6.07) is 9.85. The van der Waals surface area contributed by atoms with Crippen LogP contribution in [0, 0.1) is 18.3 Å². The van der Waals surface area contributed by atoms with E-state index in [1.165, 1.54) is 0 Å². The molecular formula is C29H34N8OS2. The Balaban J connectivity index is 1.09. The molecule has 2 aliphatic rings. The number of carbonyl (C=O) groups excluding carboxylic acids is 1. The number of aryl methyl sites for hydroxylation is 1. The highest BCUT2D eigenvalue weighted by Gasteiger charge is 2.44. The van der Waals surface area contributed by atoms with Crippen LogP contribution < -0.4 is 10.2 Å². The lowest BCUT2D eigenvalue weighted by molar-refractivity contribution is -0.118. The molecule has 11 heteroatoms. The molecule has 0 aliphatic carbocycles. The van der Waals surface area contributed by atoms with Crippen molar-refractivity contribution < 1.29 is 4.79 Å². The molecule has 3 aromatic heterocycles. The molecule has 2 fully saturated rings. The van der Waals surface area contributed by atoms with Crippen molar-refractivity contribution >= 4 is 56.4 Å². The molecule has 2 aliphatic heterocycles. The zero-order chi connectivity index (χ0) is 27.7. The van der Waals surface area contributed by atoms with E-state index in [1.54, 1.807) is 29.3 Å². The second kappa shape index (κ2) is 11.3. The Morgan fingerprint density at radius 3 is 2.80 bits per heavy atom. The van der Waals surface area contributed by atoms with Gasteiger partial charge in [-0.2, -0.15) is 5.10 Å². The van der Waals surface area contributed by atoms with Crippen LogP contribution in [0.5, 0.6) is 0 Å². The Morgan fingerprint density at radius 2 is 2.05 bits per heavy atom. The Kier molecular flexibility index (Phi) is 7.61. The first-order chi connectivity index (χ1) is 19.4. The van der Waals surface area contributed by atoms with Crippen molar-refractivity contribution in [2.45, 2.75) is 30.9 Å². The second-order valence-electron chi connectivity index (χ2n) is 10.7. The van der Waals surface area contributed by atoms with E-state index < -0.39 is 4.75 Å². The molecule has 1 atom stereocenters. The van der Waals surface area contributed by atoms with Crippen molar-refractivity contribution in [2.24, 2.45) is 5.92 Å². The maximum atomic E-state index is 13.7. The van der Waals surface area contributed by atoms with E-state index in [2.05, 4.69) is 35.3 Å². The van der Waals surface area contributed by atoms with E-state index in [-0.39, 0.29) is 5.91 Å². The van der Waals surface area contributed by atoms with E-state index in [9.17, 15) is 4.79 Å². The van der Waals surface area contributed by atoms with Gasteiger partial charge in [-0.05, 0) is 62.8 Å². The maximum Gasteiger partial charge on any atom is 0.241 e. The van der Waals surface area contributed by atoms with Crippen molar-refractivity contribution in [3.8, 4) is 11.3 Å². The van der Waals surface area contributed by atoms with Crippen LogP contribution in [0.2, 0.25) is 0 Å². The predicted octanol–water partition coefficient (Wildman–Crippen LogP) is 5.07. The van der Waals surface area contributed by atoms with Gasteiger partial charge in [0.2, 0.25) is 5.91 Å². The third kappa shape index (κ3) is 5.37. The lowest BCUT2D eigenvalue weighted by Crippen LogP contribution is -2.44. The largest absolute Gasteiger partial charge is 0.348 e. The number of pyridine rings is 1. The smallest absolute Gasteiger partial charge is 0.241 e. The number of amides is 1. The summed E-state index contributed by atoms with van der Waals surface area (Å²) in [7, 11) is 0. The monoisotopic (exact) mass is 574 g/mol. The number of carbonyl (C=O) groups is 1. The second-order valence-corrected chi connectivity index (χ2v) is 12.8. The first-order valence-corrected chi connectivity index (χ1v) is 15.8. The lowest BCUT2D eigenvalue weighted by atomic mass is 9.92. The average Bonchev–Trinajstić information content (AvgIpc) is 3.73. The number of H-pyrrole nitrogens is 1. The average molecular weight is 575 g/mol. The molecule has 2 saturated heterocycles. The minimum absolute atomic E-state index is 0.0231. The van der Waals surface area contributed by atoms with Crippen LogP contribution in [0.15, 0.2) is 48.1 Å². The molecule has 0 bridgehead atoms. The summed E-state index contributed by atoms with van der Waals surface area (Å²) in [5.74, 6) is 0.323. The summed E-state index contributed by atoms with van der Waals surface area (Å²) in [6.45, 7) is 5.96. The zero-order valence-corrected chi connectivity index (χ0v) is 24.4. The van der Waals surface area contributed by atoms with Gasteiger partial charge in [0, 0.05) is 84.5 Å². The quantitative estimate of drug-likeness (QED) is 0.252. The summed E-state index contributed by atoms with van der Waals surface area (Å²) >= 11 is 3.29. The number of hydrogen-bond acceptors (Lipinski definition) is 9. The number of piperidine rings is 1. The number of thioether (sulfide) groups is 1. The highest BCUT2D eigenvalue weighted by atomic mass is 32.2. The Bertz CT molecular complexity index is 1510. The third-order valence-electron chi connectivity index (χ3n) is 8.18. The fraction of sp³-hybridized carbons (Fsp3) is 0.414. The Morgan fingerprint density at radius 1 is 1.20 bits per heavy atom. The van der Waals surface area contributed by atoms with Crippen LogP contribution in [0.25, 0.3) is 22.2 Å². The molecule has 208 valence electrons. The van der Waals surface area contributed by atoms with Crippen LogP contribution in [0.4, 0.5) is 10.8 Å². The normalized spacial score (nSPS) is 20.3. The molecule has 1 amide bonds. The van der Waals surface area contributed by atoms with Crippen LogP contribution in [0.3, 0.4) is 0 Å². The summed E-state index contributed by atoms with van der Waals surface area (Å²) in [6.07, 6.45) is 8.40. The summed E-state index contributed by atoms with van der Waals surface area (Å²) in [5, 5.41) is 23.7. The molecule has 9 nitrogen and oxygen atoms in total. The molecule has 0 spiro atoms. The van der Waals surface area contributed by atoms with Crippen LogP contribution in [0.1, 0.15) is 25.0 Å². The molecule has 5 heterocycles. The van der Waals surface area contributed by atoms with Gasteiger partial charge < -0.3 is 15.6 Å². The summed E-state index contributed by atoms with van der Waals surface area (Å²) < 4.78 is -0.537. The van der Waals surface area contributed by atoms with Gasteiger partial charge >= 0.3 is 0 Å². The number of nitrogens with one attached hydrogen (secondary N) is 3. The van der Waals surface area contributed by atoms with E-state index in [1.807, 2.05) is 55.1 Å². The molecule has 3 N–H and O–H groups in total. The number of benzene rings is 1. The minimum atomic E-state index is -0.537. The molecular weight excluding hydrogens is 541 g/mol. The number of likely N-dealkylation sites (tertiary alicyclic amines) is 1. The third-order valence-corrected chi connectivity index (χ3v) is 10.3. The molecule has 4 aromatic rings. The van der Waals surface area contributed by atoms with E-state index in [0.717, 1.165) is 83.3 Å². The van der Waals surface area contributed by atoms with E-state index >= 15 is 0 Å². The van der Waals surface area contributed by atoms with Crippen molar-refractivity contribution in [1.82, 2.24) is 25.1 Å². The number of thiazole rings is 1. The van der Waals surface area contributed by atoms with Gasteiger partial charge in [0.05, 0.1) is 5.52 Å². The highest BCUT2D eigenvalue weighted by Crippen LogP contribution is 2.36. The number of aromatic amines is 1. The minimum Gasteiger partial charge on any atom is -0.348 e. The van der Waals surface area contributed by atoms with Crippen LogP contribution in [-0.4, -0.2) is 80.4 Å². The molecule has 0 radical (unpaired) electrons. The summed E-state index contributed by atoms with van der Waals surface area (Å²) in [5.41, 5.74) is 5.24. The molecule has 0 unspecified atom stereocenters. The van der Waals surface area contributed by atoms with Gasteiger partial charge in [-0.3, -0.25) is 19.8 Å². The van der Waals surface area contributed by atoms with Gasteiger partial charge in [0.1, 0.15) is 10.4 Å². The van der Waals surface area contributed by atoms with Crippen molar-refractivity contribution in [1.29, 1.82) is 5.41 Å². The first-order valence-electron chi connectivity index (χ1n) is 13.7. The standard InChI is InChI=1S/C29H34N8OS2/c1-19-15-21(5-9-31-19)26-23-16-22(3-4-25(23)34-35-26)33-27(38)29(39-2)8-13-36(18-29)17-24(30)20-6-11-37(12-7-20)28-32-10-14-40-28/h3-5,9-10,14-16,20,30H,6-8,11-13,17-18H2,1-2H3,(H,33,38)(H,34,35)/t29-/m0/s1. The van der Waals surface area contributed by atoms with Crippen molar-refractivity contribution in [3.63, 3.8) is 0 Å². The predicted molar refractivity (Wildman–Crippen MR) is 165 cm³/mol. The maximum absolute atomic E-state index is 13.7. The van der Waals surface area contributed by atoms with Gasteiger partial charge in [-0.15, -0.1) is 23.1 Å². The molecule has 1 aromatic carbocycles. The molecule has 6 rings (SSSR count). The Labute approximate surface area is 242 Å². The number of anilines is 2. The number of fused-ring (bicyclic) bond motifs is 1. The van der Waals surface area contributed by atoms with Crippen LogP contribution >= 0.6 is 23.1 Å². The lowest BCUT2D eigenvalue weighted by Gasteiger charge is -2.33. The highest BCUT2D eigenvalue weighted by molar-refractivity contribution is 8.00. The SMILES string of the molecule is CS[C@@]1(C(=O)Nc2ccc3[nH]nc(-c4ccnc(C)c4)c3c2)CCN(CC(=N)C2CCN(c3nccs3)CC2)C1. The molecule has 0 saturated carbocycles. The van der Waals surface area contributed by atoms with Crippen molar-refractivity contribution in [3.05, 3.63) is 53.8 Å². The fourth-order valence-electron chi connectivity index (χ4n) is 5.85. The van der Waals surface area contributed by atoms with Gasteiger partial charge in [-0.1, -0.05) is 0 Å². The number of hydrogen-bond donors (Lipinski definition) is 3.